The van der Waals surface area contributed by atoms with Gasteiger partial charge in [-0.05, 0) is 55.0 Å². The van der Waals surface area contributed by atoms with Crippen LogP contribution in [0.1, 0.15) is 22.8 Å². The summed E-state index contributed by atoms with van der Waals surface area (Å²) in [5.41, 5.74) is 1.27. The van der Waals surface area contributed by atoms with Crippen LogP contribution in [0.5, 0.6) is 5.75 Å². The standard InChI is InChI=1S/C19H16Cl2O4/c1-2-24-19(23)12-25-15-7-5-14(6-8-15)18(22)10-4-13-3-9-16(20)17(21)11-13/h3-11H,2,12H2,1H3. The lowest BCUT2D eigenvalue weighted by Gasteiger charge is -2.06. The molecule has 2 rings (SSSR count). The molecule has 0 aliphatic heterocycles. The lowest BCUT2D eigenvalue weighted by molar-refractivity contribution is -0.145. The van der Waals surface area contributed by atoms with Crippen LogP contribution < -0.4 is 4.74 Å². The van der Waals surface area contributed by atoms with Gasteiger partial charge in [0, 0.05) is 5.56 Å². The number of allylic oxidation sites excluding steroid dienone is 1. The van der Waals surface area contributed by atoms with Crippen molar-refractivity contribution in [1.29, 1.82) is 0 Å². The molecule has 0 bridgehead atoms. The van der Waals surface area contributed by atoms with E-state index in [0.717, 1.165) is 5.56 Å². The molecule has 6 heteroatoms. The first-order valence-corrected chi connectivity index (χ1v) is 8.31. The van der Waals surface area contributed by atoms with Crippen molar-refractivity contribution in [3.8, 4) is 5.75 Å². The van der Waals surface area contributed by atoms with Crippen LogP contribution in [-0.2, 0) is 9.53 Å². The number of halogens is 2. The predicted molar refractivity (Wildman–Crippen MR) is 98.4 cm³/mol. The zero-order valence-corrected chi connectivity index (χ0v) is 15.0. The Labute approximate surface area is 156 Å². The fourth-order valence-corrected chi connectivity index (χ4v) is 2.25. The summed E-state index contributed by atoms with van der Waals surface area (Å²) in [5.74, 6) is -0.117. The summed E-state index contributed by atoms with van der Waals surface area (Å²) < 4.78 is 10.0. The third-order valence-electron chi connectivity index (χ3n) is 3.17. The molecule has 130 valence electrons. The second kappa shape index (κ2) is 9.25. The lowest BCUT2D eigenvalue weighted by atomic mass is 10.1. The minimum absolute atomic E-state index is 0.164. The van der Waals surface area contributed by atoms with Crippen LogP contribution in [0.3, 0.4) is 0 Å². The van der Waals surface area contributed by atoms with Gasteiger partial charge in [-0.15, -0.1) is 0 Å². The maximum Gasteiger partial charge on any atom is 0.344 e. The fraction of sp³-hybridized carbons (Fsp3) is 0.158. The first-order valence-electron chi connectivity index (χ1n) is 7.55. The fourth-order valence-electron chi connectivity index (χ4n) is 1.94. The molecule has 0 radical (unpaired) electrons. The van der Waals surface area contributed by atoms with Gasteiger partial charge in [0.1, 0.15) is 5.75 Å². The van der Waals surface area contributed by atoms with Crippen LogP contribution in [0.25, 0.3) is 6.08 Å². The smallest absolute Gasteiger partial charge is 0.344 e. The molecule has 4 nitrogen and oxygen atoms in total. The summed E-state index contributed by atoms with van der Waals surface area (Å²) in [6, 6.07) is 11.6. The molecule has 0 saturated carbocycles. The van der Waals surface area contributed by atoms with Gasteiger partial charge < -0.3 is 9.47 Å². The Kier molecular flexibility index (Phi) is 7.04. The molecule has 0 unspecified atom stereocenters. The first-order chi connectivity index (χ1) is 12.0. The number of ether oxygens (including phenoxy) is 2. The van der Waals surface area contributed by atoms with E-state index in [9.17, 15) is 9.59 Å². The molecule has 0 amide bonds. The van der Waals surface area contributed by atoms with Gasteiger partial charge in [0.05, 0.1) is 16.7 Å². The molecular weight excluding hydrogens is 363 g/mol. The molecule has 2 aromatic carbocycles. The van der Waals surface area contributed by atoms with Gasteiger partial charge in [0.15, 0.2) is 12.4 Å². The van der Waals surface area contributed by atoms with E-state index in [0.29, 0.717) is 28.0 Å². The van der Waals surface area contributed by atoms with E-state index in [1.165, 1.54) is 6.08 Å². The largest absolute Gasteiger partial charge is 0.482 e. The summed E-state index contributed by atoms with van der Waals surface area (Å²) in [5, 5.41) is 0.892. The van der Waals surface area contributed by atoms with E-state index in [1.807, 2.05) is 0 Å². The molecule has 0 saturated heterocycles. The molecule has 0 fully saturated rings. The number of carbonyl (C=O) groups excluding carboxylic acids is 2. The van der Waals surface area contributed by atoms with Crippen LogP contribution in [0.2, 0.25) is 10.0 Å². The summed E-state index contributed by atoms with van der Waals surface area (Å²) in [7, 11) is 0. The predicted octanol–water partition coefficient (Wildman–Crippen LogP) is 4.83. The second-order valence-electron chi connectivity index (χ2n) is 4.99. The van der Waals surface area contributed by atoms with Crippen molar-refractivity contribution in [2.75, 3.05) is 13.2 Å². The average Bonchev–Trinajstić information content (AvgIpc) is 2.61. The summed E-state index contributed by atoms with van der Waals surface area (Å²) in [6.07, 6.45) is 3.11. The van der Waals surface area contributed by atoms with Gasteiger partial charge in [0.2, 0.25) is 0 Å². The van der Waals surface area contributed by atoms with E-state index >= 15 is 0 Å². The third-order valence-corrected chi connectivity index (χ3v) is 3.91. The number of ketones is 1. The number of hydrogen-bond donors (Lipinski definition) is 0. The number of carbonyl (C=O) groups is 2. The van der Waals surface area contributed by atoms with Gasteiger partial charge in [-0.25, -0.2) is 4.79 Å². The molecule has 0 spiro atoms. The van der Waals surface area contributed by atoms with Crippen molar-refractivity contribution in [2.45, 2.75) is 6.92 Å². The van der Waals surface area contributed by atoms with Crippen molar-refractivity contribution in [2.24, 2.45) is 0 Å². The van der Waals surface area contributed by atoms with E-state index in [2.05, 4.69) is 0 Å². The van der Waals surface area contributed by atoms with Crippen LogP contribution in [0.15, 0.2) is 48.5 Å². The number of benzene rings is 2. The van der Waals surface area contributed by atoms with Gasteiger partial charge in [0.25, 0.3) is 0 Å². The van der Waals surface area contributed by atoms with E-state index in [1.54, 1.807) is 55.5 Å². The van der Waals surface area contributed by atoms with Crippen molar-refractivity contribution in [3.63, 3.8) is 0 Å². The topological polar surface area (TPSA) is 52.6 Å². The first kappa shape index (κ1) is 19.0. The SMILES string of the molecule is CCOC(=O)COc1ccc(C(=O)C=Cc2ccc(Cl)c(Cl)c2)cc1. The van der Waals surface area contributed by atoms with Crippen molar-refractivity contribution >= 4 is 41.0 Å². The van der Waals surface area contributed by atoms with Crippen LogP contribution in [0.4, 0.5) is 0 Å². The number of hydrogen-bond acceptors (Lipinski definition) is 4. The Morgan fingerprint density at radius 3 is 2.40 bits per heavy atom. The van der Waals surface area contributed by atoms with Gasteiger partial charge in [-0.3, -0.25) is 4.79 Å². The summed E-state index contributed by atoms with van der Waals surface area (Å²) in [4.78, 5) is 23.4. The Bertz CT molecular complexity index is 783. The normalized spacial score (nSPS) is 10.7. The van der Waals surface area contributed by atoms with Gasteiger partial charge in [-0.1, -0.05) is 35.3 Å². The Hall–Kier alpha value is -2.30. The van der Waals surface area contributed by atoms with Crippen molar-refractivity contribution in [1.82, 2.24) is 0 Å². The summed E-state index contributed by atoms with van der Waals surface area (Å²) in [6.45, 7) is 1.86. The van der Waals surface area contributed by atoms with E-state index in [4.69, 9.17) is 32.7 Å². The number of rotatable bonds is 7. The van der Waals surface area contributed by atoms with Crippen LogP contribution >= 0.6 is 23.2 Å². The highest BCUT2D eigenvalue weighted by molar-refractivity contribution is 6.42. The van der Waals surface area contributed by atoms with E-state index < -0.39 is 5.97 Å². The zero-order valence-electron chi connectivity index (χ0n) is 13.5. The monoisotopic (exact) mass is 378 g/mol. The van der Waals surface area contributed by atoms with Crippen LogP contribution in [0, 0.1) is 0 Å². The maximum absolute atomic E-state index is 12.2. The molecule has 0 aromatic heterocycles. The third kappa shape index (κ3) is 5.93. The average molecular weight is 379 g/mol. The molecule has 25 heavy (non-hydrogen) atoms. The maximum atomic E-state index is 12.2. The Morgan fingerprint density at radius 1 is 1.04 bits per heavy atom. The minimum atomic E-state index is -0.438. The molecule has 2 aromatic rings. The quantitative estimate of drug-likeness (QED) is 0.393. The molecule has 0 atom stereocenters. The second-order valence-corrected chi connectivity index (χ2v) is 5.80. The van der Waals surface area contributed by atoms with Crippen LogP contribution in [-0.4, -0.2) is 25.0 Å². The number of esters is 1. The van der Waals surface area contributed by atoms with Crippen molar-refractivity contribution in [3.05, 3.63) is 69.7 Å². The minimum Gasteiger partial charge on any atom is -0.482 e. The highest BCUT2D eigenvalue weighted by Crippen LogP contribution is 2.23. The molecular formula is C19H16Cl2O4. The molecule has 0 N–H and O–H groups in total. The van der Waals surface area contributed by atoms with Gasteiger partial charge in [-0.2, -0.15) is 0 Å². The molecule has 0 aliphatic carbocycles. The summed E-state index contributed by atoms with van der Waals surface area (Å²) >= 11 is 11.8. The molecule has 0 heterocycles. The van der Waals surface area contributed by atoms with E-state index in [-0.39, 0.29) is 12.4 Å². The highest BCUT2D eigenvalue weighted by Gasteiger charge is 2.05. The highest BCUT2D eigenvalue weighted by atomic mass is 35.5. The zero-order chi connectivity index (χ0) is 18.2. The Balaban J connectivity index is 1.96. The Morgan fingerprint density at radius 2 is 1.76 bits per heavy atom. The van der Waals surface area contributed by atoms with Crippen molar-refractivity contribution < 1.29 is 19.1 Å². The lowest BCUT2D eigenvalue weighted by Crippen LogP contribution is -2.14. The van der Waals surface area contributed by atoms with Gasteiger partial charge >= 0.3 is 5.97 Å². The molecule has 0 aliphatic rings.